The lowest BCUT2D eigenvalue weighted by Gasteiger charge is -2.11. The van der Waals surface area contributed by atoms with Crippen molar-refractivity contribution in [2.45, 2.75) is 26.0 Å². The topological polar surface area (TPSA) is 78.1 Å². The first-order valence-corrected chi connectivity index (χ1v) is 25.9. The number of aromatic nitrogens is 2. The molecule has 2 heterocycles. The summed E-state index contributed by atoms with van der Waals surface area (Å²) in [4.78, 5) is 0.495. The molecule has 71 heavy (non-hydrogen) atoms. The number of hydrogen-bond donors (Lipinski definition) is 0. The zero-order valence-electron chi connectivity index (χ0n) is 37.9. The average Bonchev–Trinajstić information content (AvgIpc) is 4.08. The molecule has 13 rings (SSSR count). The SMILES string of the molecule is O=S(=O)(c1ccc(-n2c3ccccc3c3ccccc32)cc1)c1ccc(-n2c3ccccc3c3ccccc32)cc1.O=S(=O)(c1ccc(F)cc1)c1ccc(F)cc1.c1ccc2c(c1)Cc1ccccc1-2. The van der Waals surface area contributed by atoms with E-state index >= 15 is 0 Å². The third-order valence-electron chi connectivity index (χ3n) is 12.9. The number of nitrogens with zero attached hydrogens (tertiary/aromatic N) is 2. The normalized spacial score (nSPS) is 12.0. The molecular weight excluding hydrogens is 927 g/mol. The van der Waals surface area contributed by atoms with Crippen molar-refractivity contribution in [2.24, 2.45) is 0 Å². The molecular formula is C61H42F2N2O4S2. The Balaban J connectivity index is 0.000000148. The fourth-order valence-electron chi connectivity index (χ4n) is 9.53. The minimum Gasteiger partial charge on any atom is -0.309 e. The molecule has 0 saturated heterocycles. The zero-order chi connectivity index (χ0) is 48.7. The van der Waals surface area contributed by atoms with Crippen LogP contribution in [0.15, 0.2) is 262 Å². The van der Waals surface area contributed by atoms with E-state index in [1.807, 2.05) is 72.8 Å². The maximum atomic E-state index is 13.7. The molecule has 0 bridgehead atoms. The number of sulfone groups is 2. The largest absolute Gasteiger partial charge is 0.309 e. The van der Waals surface area contributed by atoms with Crippen LogP contribution < -0.4 is 0 Å². The molecule has 0 radical (unpaired) electrons. The Labute approximate surface area is 409 Å². The van der Waals surface area contributed by atoms with Gasteiger partial charge in [0.25, 0.3) is 0 Å². The lowest BCUT2D eigenvalue weighted by Crippen LogP contribution is -2.03. The highest BCUT2D eigenvalue weighted by Crippen LogP contribution is 2.37. The first kappa shape index (κ1) is 45.0. The summed E-state index contributed by atoms with van der Waals surface area (Å²) in [5.74, 6) is -1.02. The van der Waals surface area contributed by atoms with Gasteiger partial charge in [0, 0.05) is 32.9 Å². The Hall–Kier alpha value is -8.44. The fraction of sp³-hybridized carbons (Fsp3) is 0.0164. The van der Waals surface area contributed by atoms with Gasteiger partial charge in [0.05, 0.1) is 41.6 Å². The summed E-state index contributed by atoms with van der Waals surface area (Å²) in [6, 6.07) is 73.8. The van der Waals surface area contributed by atoms with E-state index in [2.05, 4.69) is 106 Å². The molecule has 0 aliphatic heterocycles. The van der Waals surface area contributed by atoms with Crippen LogP contribution in [-0.4, -0.2) is 26.0 Å². The second-order valence-electron chi connectivity index (χ2n) is 17.1. The molecule has 1 aliphatic rings. The first-order chi connectivity index (χ1) is 34.6. The van der Waals surface area contributed by atoms with Crippen LogP contribution in [-0.2, 0) is 26.1 Å². The number of hydrogen-bond acceptors (Lipinski definition) is 4. The van der Waals surface area contributed by atoms with Crippen molar-refractivity contribution in [3.05, 3.63) is 265 Å². The highest BCUT2D eigenvalue weighted by Gasteiger charge is 2.21. The molecule has 0 spiro atoms. The zero-order valence-corrected chi connectivity index (χ0v) is 39.5. The maximum absolute atomic E-state index is 13.7. The highest BCUT2D eigenvalue weighted by atomic mass is 32.2. The Bertz CT molecular complexity index is 3800. The van der Waals surface area contributed by atoms with Crippen molar-refractivity contribution in [1.82, 2.24) is 9.13 Å². The quantitative estimate of drug-likeness (QED) is 0.156. The average molecular weight is 969 g/mol. The van der Waals surface area contributed by atoms with E-state index in [9.17, 15) is 25.6 Å². The van der Waals surface area contributed by atoms with Crippen molar-refractivity contribution < 1.29 is 25.6 Å². The van der Waals surface area contributed by atoms with E-state index in [1.165, 1.54) is 68.1 Å². The summed E-state index contributed by atoms with van der Waals surface area (Å²) >= 11 is 0. The summed E-state index contributed by atoms with van der Waals surface area (Å²) < 4.78 is 81.1. The van der Waals surface area contributed by atoms with Gasteiger partial charge in [-0.25, -0.2) is 25.6 Å². The van der Waals surface area contributed by atoms with Crippen LogP contribution in [0.2, 0.25) is 0 Å². The standard InChI is InChI=1S/C36H24N2O2S.C13H10.C12H8F2O2S/c39-41(40,27-21-17-25(18-22-27)37-33-13-5-1-9-29(33)30-10-2-6-14-34(30)37)28-23-19-26(20-24-28)38-35-15-7-3-11-31(35)32-12-4-8-16-36(32)38;1-3-7-12-10(5-1)9-11-6-2-4-8-13(11)12;13-9-1-5-11(6-2-9)17(15,16)12-7-3-10(14)4-8-12/h1-24H;1-8H,9H2;1-8H. The number of rotatable bonds is 6. The van der Waals surface area contributed by atoms with Gasteiger partial charge in [-0.2, -0.15) is 0 Å². The summed E-state index contributed by atoms with van der Waals surface area (Å²) in [5, 5.41) is 4.68. The van der Waals surface area contributed by atoms with Crippen LogP contribution in [0, 0.1) is 11.6 Å². The van der Waals surface area contributed by atoms with Gasteiger partial charge in [-0.15, -0.1) is 0 Å². The van der Waals surface area contributed by atoms with E-state index < -0.39 is 31.3 Å². The van der Waals surface area contributed by atoms with Gasteiger partial charge < -0.3 is 9.13 Å². The molecule has 2 aromatic heterocycles. The third-order valence-corrected chi connectivity index (χ3v) is 16.5. The van der Waals surface area contributed by atoms with Crippen molar-refractivity contribution >= 4 is 63.3 Å². The fourth-order valence-corrected chi connectivity index (χ4v) is 12.1. The third kappa shape index (κ3) is 8.37. The van der Waals surface area contributed by atoms with Crippen LogP contribution >= 0.6 is 0 Å². The number of fused-ring (bicyclic) bond motifs is 9. The Kier molecular flexibility index (Phi) is 11.7. The molecule has 0 unspecified atom stereocenters. The van der Waals surface area contributed by atoms with Gasteiger partial charge in [-0.05, 0) is 150 Å². The molecule has 1 aliphatic carbocycles. The second-order valence-corrected chi connectivity index (χ2v) is 21.0. The molecule has 10 aromatic carbocycles. The molecule has 0 atom stereocenters. The molecule has 6 nitrogen and oxygen atoms in total. The Morgan fingerprint density at radius 1 is 0.296 bits per heavy atom. The van der Waals surface area contributed by atoms with Crippen molar-refractivity contribution in [1.29, 1.82) is 0 Å². The second kappa shape index (κ2) is 18.5. The van der Waals surface area contributed by atoms with E-state index in [1.54, 1.807) is 24.3 Å². The van der Waals surface area contributed by atoms with E-state index in [0.29, 0.717) is 0 Å². The molecule has 0 saturated carbocycles. The molecule has 12 aromatic rings. The predicted molar refractivity (Wildman–Crippen MR) is 280 cm³/mol. The van der Waals surface area contributed by atoms with E-state index in [-0.39, 0.29) is 19.6 Å². The molecule has 0 fully saturated rings. The molecule has 346 valence electrons. The molecule has 0 N–H and O–H groups in total. The minimum atomic E-state index is -3.71. The van der Waals surface area contributed by atoms with Gasteiger partial charge >= 0.3 is 0 Å². The predicted octanol–water partition coefficient (Wildman–Crippen LogP) is 14.8. The van der Waals surface area contributed by atoms with Crippen molar-refractivity contribution in [3.63, 3.8) is 0 Å². The van der Waals surface area contributed by atoms with Crippen molar-refractivity contribution in [2.75, 3.05) is 0 Å². The summed E-state index contributed by atoms with van der Waals surface area (Å²) in [5.41, 5.74) is 11.9. The van der Waals surface area contributed by atoms with Crippen molar-refractivity contribution in [3.8, 4) is 22.5 Å². The van der Waals surface area contributed by atoms with Crippen LogP contribution in [0.25, 0.3) is 66.1 Å². The monoisotopic (exact) mass is 968 g/mol. The van der Waals surface area contributed by atoms with Gasteiger partial charge in [-0.3, -0.25) is 0 Å². The molecule has 10 heteroatoms. The first-order valence-electron chi connectivity index (χ1n) is 22.9. The van der Waals surface area contributed by atoms with Crippen LogP contribution in [0.1, 0.15) is 11.1 Å². The van der Waals surface area contributed by atoms with E-state index in [4.69, 9.17) is 0 Å². The van der Waals surface area contributed by atoms with Gasteiger partial charge in [0.1, 0.15) is 11.6 Å². The summed E-state index contributed by atoms with van der Waals surface area (Å²) in [7, 11) is -7.40. The number of halogens is 2. The minimum absolute atomic E-state index is 0.0227. The smallest absolute Gasteiger partial charge is 0.206 e. The summed E-state index contributed by atoms with van der Waals surface area (Å²) in [6.07, 6.45) is 1.10. The van der Waals surface area contributed by atoms with Crippen LogP contribution in [0.5, 0.6) is 0 Å². The van der Waals surface area contributed by atoms with Gasteiger partial charge in [0.2, 0.25) is 19.7 Å². The number of para-hydroxylation sites is 4. The van der Waals surface area contributed by atoms with Crippen LogP contribution in [0.3, 0.4) is 0 Å². The highest BCUT2D eigenvalue weighted by molar-refractivity contribution is 7.91. The maximum Gasteiger partial charge on any atom is 0.206 e. The molecule has 0 amide bonds. The van der Waals surface area contributed by atoms with Gasteiger partial charge in [-0.1, -0.05) is 121 Å². The Morgan fingerprint density at radius 3 is 0.859 bits per heavy atom. The Morgan fingerprint density at radius 2 is 0.549 bits per heavy atom. The van der Waals surface area contributed by atoms with E-state index in [0.717, 1.165) is 64.1 Å². The lowest BCUT2D eigenvalue weighted by atomic mass is 10.1. The van der Waals surface area contributed by atoms with Crippen LogP contribution in [0.4, 0.5) is 8.78 Å². The summed E-state index contributed by atoms with van der Waals surface area (Å²) in [6.45, 7) is 0. The number of benzene rings is 10. The lowest BCUT2D eigenvalue weighted by molar-refractivity contribution is 0.592. The van der Waals surface area contributed by atoms with Gasteiger partial charge in [0.15, 0.2) is 0 Å².